The predicted molar refractivity (Wildman–Crippen MR) is 139 cm³/mol. The van der Waals surface area contributed by atoms with Gasteiger partial charge in [-0.05, 0) is 43.3 Å². The Balaban J connectivity index is 0.00000190. The number of aromatic nitrogens is 2. The van der Waals surface area contributed by atoms with Crippen LogP contribution >= 0.6 is 11.3 Å². The van der Waals surface area contributed by atoms with E-state index in [-0.39, 0.29) is 19.5 Å². The topological polar surface area (TPSA) is 87.5 Å². The van der Waals surface area contributed by atoms with Crippen LogP contribution in [0.3, 0.4) is 0 Å². The first-order valence-electron chi connectivity index (χ1n) is 11.1. The number of carbonyl (C=O) groups excluding carboxylic acids is 1. The highest BCUT2D eigenvalue weighted by atomic mass is 32.2. The van der Waals surface area contributed by atoms with Crippen molar-refractivity contribution in [3.63, 3.8) is 0 Å². The van der Waals surface area contributed by atoms with Crippen LogP contribution in [-0.2, 0) is 14.8 Å². The largest absolute Gasteiger partial charge is 0.368 e. The number of fused-ring (bicyclic) bond motifs is 1. The number of hydrogen-bond acceptors (Lipinski definition) is 6. The minimum Gasteiger partial charge on any atom is -0.368 e. The van der Waals surface area contributed by atoms with Crippen LogP contribution in [0.1, 0.15) is 15.8 Å². The lowest BCUT2D eigenvalue weighted by molar-refractivity contribution is -0.134. The quantitative estimate of drug-likeness (QED) is 0.409. The fourth-order valence-electron chi connectivity index (χ4n) is 4.35. The highest BCUT2D eigenvalue weighted by Crippen LogP contribution is 2.26. The maximum atomic E-state index is 14.4. The van der Waals surface area contributed by atoms with Crippen molar-refractivity contribution in [2.45, 2.75) is 17.9 Å². The van der Waals surface area contributed by atoms with Crippen molar-refractivity contribution < 1.29 is 20.5 Å². The highest BCUT2D eigenvalue weighted by Gasteiger charge is 2.27. The molecule has 1 N–H and O–H groups in total. The molecular formula is C24H28FN5O3S2. The van der Waals surface area contributed by atoms with Crippen LogP contribution in [0.5, 0.6) is 0 Å². The predicted octanol–water partition coefficient (Wildman–Crippen LogP) is 4.44. The van der Waals surface area contributed by atoms with E-state index in [0.717, 1.165) is 11.1 Å². The van der Waals surface area contributed by atoms with Gasteiger partial charge >= 0.3 is 0 Å². The Kier molecular flexibility index (Phi) is 6.20. The minimum atomic E-state index is -3.70. The second-order valence-corrected chi connectivity index (χ2v) is 10.9. The molecule has 8 nitrogen and oxygen atoms in total. The van der Waals surface area contributed by atoms with Crippen LogP contribution in [0.15, 0.2) is 71.2 Å². The van der Waals surface area contributed by atoms with Crippen molar-refractivity contribution in [3.8, 4) is 0 Å². The summed E-state index contributed by atoms with van der Waals surface area (Å²) in [5.74, 6) is -0.399. The van der Waals surface area contributed by atoms with Gasteiger partial charge in [0, 0.05) is 57.9 Å². The van der Waals surface area contributed by atoms with Gasteiger partial charge in [-0.25, -0.2) is 17.8 Å². The van der Waals surface area contributed by atoms with Crippen molar-refractivity contribution in [2.75, 3.05) is 35.8 Å². The SMILES string of the molecule is C[C@@H](C(=O)N1CCN(c2ccc(S(=O)(=O)Nc3nccs3)cc2)CC1)n1ccc2cccc(F)c21.[HH].[HH]. The molecule has 11 heteroatoms. The van der Waals surface area contributed by atoms with Crippen molar-refractivity contribution >= 4 is 49.0 Å². The molecule has 0 aliphatic carbocycles. The van der Waals surface area contributed by atoms with Crippen LogP contribution in [0.4, 0.5) is 15.2 Å². The number of nitrogens with one attached hydrogen (secondary N) is 1. The normalized spacial score (nSPS) is 15.4. The number of piperazine rings is 1. The molecule has 0 saturated carbocycles. The first-order chi connectivity index (χ1) is 16.8. The number of hydrogen-bond donors (Lipinski definition) is 1. The Morgan fingerprint density at radius 2 is 1.86 bits per heavy atom. The molecule has 4 aromatic rings. The standard InChI is InChI=1S/C24H24FN5O3S2.2H2/c1-17(30-11-9-18-3-2-4-21(25)22(18)30)23(31)29-14-12-28(13-15-29)19-5-7-20(8-6-19)35(32,33)27-24-26-10-16-34-24;;/h2-11,16-17H,12-15H2,1H3,(H,26,27);2*1H/t17-;;/m0../s1. The monoisotopic (exact) mass is 517 g/mol. The molecular weight excluding hydrogens is 489 g/mol. The molecule has 35 heavy (non-hydrogen) atoms. The Bertz CT molecular complexity index is 1460. The number of sulfonamides is 1. The summed E-state index contributed by atoms with van der Waals surface area (Å²) in [5, 5.41) is 2.78. The summed E-state index contributed by atoms with van der Waals surface area (Å²) in [6.45, 7) is 4.07. The van der Waals surface area contributed by atoms with Gasteiger partial charge in [-0.15, -0.1) is 11.3 Å². The molecule has 0 radical (unpaired) electrons. The summed E-state index contributed by atoms with van der Waals surface area (Å²) >= 11 is 1.21. The molecule has 1 saturated heterocycles. The van der Waals surface area contributed by atoms with Crippen molar-refractivity contribution in [1.82, 2.24) is 14.5 Å². The van der Waals surface area contributed by atoms with E-state index >= 15 is 0 Å². The van der Waals surface area contributed by atoms with Gasteiger partial charge in [-0.3, -0.25) is 9.52 Å². The Morgan fingerprint density at radius 1 is 1.11 bits per heavy atom. The summed E-state index contributed by atoms with van der Waals surface area (Å²) in [5.41, 5.74) is 1.32. The van der Waals surface area contributed by atoms with Gasteiger partial charge in [-0.2, -0.15) is 0 Å². The van der Waals surface area contributed by atoms with Crippen molar-refractivity contribution in [3.05, 3.63) is 72.1 Å². The summed E-state index contributed by atoms with van der Waals surface area (Å²) in [6, 6.07) is 12.9. The third-order valence-electron chi connectivity index (χ3n) is 6.22. The molecule has 0 unspecified atom stereocenters. The van der Waals surface area contributed by atoms with Crippen molar-refractivity contribution in [1.29, 1.82) is 0 Å². The Labute approximate surface area is 209 Å². The fraction of sp³-hybridized carbons (Fsp3) is 0.250. The molecule has 1 amide bonds. The van der Waals surface area contributed by atoms with Gasteiger partial charge in [0.2, 0.25) is 5.91 Å². The van der Waals surface area contributed by atoms with E-state index in [1.807, 2.05) is 12.1 Å². The summed E-state index contributed by atoms with van der Waals surface area (Å²) in [4.78, 5) is 21.2. The van der Waals surface area contributed by atoms with E-state index in [0.29, 0.717) is 36.8 Å². The van der Waals surface area contributed by atoms with Crippen LogP contribution in [0.2, 0.25) is 0 Å². The lowest BCUT2D eigenvalue weighted by Gasteiger charge is -2.37. The second-order valence-electron chi connectivity index (χ2n) is 8.33. The van der Waals surface area contributed by atoms with Gasteiger partial charge in [0.25, 0.3) is 10.0 Å². The molecule has 5 rings (SSSR count). The molecule has 1 fully saturated rings. The third kappa shape index (κ3) is 4.61. The number of rotatable bonds is 6. The molecule has 1 aliphatic heterocycles. The van der Waals surface area contributed by atoms with Gasteiger partial charge < -0.3 is 14.4 Å². The number of nitrogens with zero attached hydrogens (tertiary/aromatic N) is 4. The van der Waals surface area contributed by atoms with Crippen LogP contribution in [-0.4, -0.2) is 55.0 Å². The number of anilines is 2. The van der Waals surface area contributed by atoms with Gasteiger partial charge in [0.05, 0.1) is 10.4 Å². The summed E-state index contributed by atoms with van der Waals surface area (Å²) < 4.78 is 43.6. The maximum Gasteiger partial charge on any atom is 0.263 e. The number of halogens is 1. The van der Waals surface area contributed by atoms with Crippen molar-refractivity contribution in [2.24, 2.45) is 0 Å². The molecule has 2 aromatic carbocycles. The van der Waals surface area contributed by atoms with E-state index in [9.17, 15) is 17.6 Å². The molecule has 0 spiro atoms. The Morgan fingerprint density at radius 3 is 2.54 bits per heavy atom. The van der Waals surface area contributed by atoms with E-state index in [4.69, 9.17) is 0 Å². The lowest BCUT2D eigenvalue weighted by atomic mass is 10.2. The van der Waals surface area contributed by atoms with Gasteiger partial charge in [-0.1, -0.05) is 12.1 Å². The zero-order valence-corrected chi connectivity index (χ0v) is 20.6. The number of para-hydroxylation sites is 1. The summed E-state index contributed by atoms with van der Waals surface area (Å²) in [7, 11) is -3.70. The number of benzene rings is 2. The molecule has 1 aliphatic rings. The number of amides is 1. The zero-order valence-electron chi connectivity index (χ0n) is 19.0. The molecule has 2 aromatic heterocycles. The minimum absolute atomic E-state index is 0. The van der Waals surface area contributed by atoms with E-state index in [2.05, 4.69) is 14.6 Å². The fourth-order valence-corrected chi connectivity index (χ4v) is 6.14. The maximum absolute atomic E-state index is 14.4. The highest BCUT2D eigenvalue weighted by molar-refractivity contribution is 7.93. The zero-order chi connectivity index (χ0) is 24.6. The number of carbonyl (C=O) groups is 1. The van der Waals surface area contributed by atoms with Gasteiger partial charge in [0.1, 0.15) is 11.9 Å². The molecule has 186 valence electrons. The van der Waals surface area contributed by atoms with E-state index in [1.54, 1.807) is 58.3 Å². The molecule has 1 atom stereocenters. The van der Waals surface area contributed by atoms with E-state index < -0.39 is 16.1 Å². The average Bonchev–Trinajstić information content (AvgIpc) is 3.54. The smallest absolute Gasteiger partial charge is 0.263 e. The Hall–Kier alpha value is -3.44. The summed E-state index contributed by atoms with van der Waals surface area (Å²) in [6.07, 6.45) is 3.29. The van der Waals surface area contributed by atoms with E-state index in [1.165, 1.54) is 23.6 Å². The van der Waals surface area contributed by atoms with Crippen LogP contribution < -0.4 is 9.62 Å². The third-order valence-corrected chi connectivity index (χ3v) is 8.40. The van der Waals surface area contributed by atoms with Gasteiger partial charge in [0.15, 0.2) is 5.13 Å². The average molecular weight is 518 g/mol. The molecule has 3 heterocycles. The van der Waals surface area contributed by atoms with Crippen LogP contribution in [0, 0.1) is 5.82 Å². The number of thiazole rings is 1. The first kappa shape index (κ1) is 23.3. The first-order valence-corrected chi connectivity index (χ1v) is 13.5. The van der Waals surface area contributed by atoms with Crippen LogP contribution in [0.25, 0.3) is 10.9 Å². The lowest BCUT2D eigenvalue weighted by Crippen LogP contribution is -2.50. The second kappa shape index (κ2) is 9.31. The molecule has 0 bridgehead atoms.